The lowest BCUT2D eigenvalue weighted by atomic mass is 10.1. The Kier molecular flexibility index (Phi) is 5.30. The molecule has 1 heterocycles. The average molecular weight is 359 g/mol. The van der Waals surface area contributed by atoms with E-state index in [9.17, 15) is 13.0 Å². The maximum Gasteiger partial charge on any atom is 0.296 e. The van der Waals surface area contributed by atoms with Crippen LogP contribution in [-0.2, 0) is 10.1 Å². The number of anilines is 1. The standard InChI is InChI=1S/C9H9N3.C9H12O3S/c10-9-6-7-4-2-1-3-5-8(7)12(9)11;1-6-4-7(2)9(8(3)5-6)13(10,11)12/h1-6,10H,11H2;4-5H,1-3H3,(H,10,11,12). The van der Waals surface area contributed by atoms with Crippen molar-refractivity contribution in [2.24, 2.45) is 0 Å². The molecule has 0 unspecified atom stereocenters. The number of nitrogen functional groups attached to an aromatic ring is 2. The van der Waals surface area contributed by atoms with Gasteiger partial charge in [0.05, 0.1) is 4.90 Å². The van der Waals surface area contributed by atoms with Crippen LogP contribution in [0.15, 0.2) is 53.4 Å². The van der Waals surface area contributed by atoms with Gasteiger partial charge in [-0.1, -0.05) is 42.0 Å². The van der Waals surface area contributed by atoms with Gasteiger partial charge in [0.25, 0.3) is 5.82 Å². The molecule has 0 saturated heterocycles. The highest BCUT2D eigenvalue weighted by Crippen LogP contribution is 2.21. The zero-order valence-corrected chi connectivity index (χ0v) is 15.2. The van der Waals surface area contributed by atoms with E-state index in [1.165, 1.54) is 4.68 Å². The van der Waals surface area contributed by atoms with Crippen molar-refractivity contribution in [1.29, 1.82) is 0 Å². The molecule has 0 amide bonds. The largest absolute Gasteiger partial charge is 0.744 e. The molecule has 1 aromatic carbocycles. The molecule has 1 aromatic rings. The average Bonchev–Trinajstić information content (AvgIpc) is 2.63. The van der Waals surface area contributed by atoms with Gasteiger partial charge in [-0.15, -0.1) is 4.68 Å². The topological polar surface area (TPSA) is 113 Å². The molecule has 7 heteroatoms. The number of fused-ring (bicyclic) bond motifs is 1. The van der Waals surface area contributed by atoms with Gasteiger partial charge in [0.15, 0.2) is 5.69 Å². The van der Waals surface area contributed by atoms with Crippen molar-refractivity contribution in [3.63, 3.8) is 0 Å². The second-order valence-electron chi connectivity index (χ2n) is 5.87. The van der Waals surface area contributed by atoms with E-state index in [1.54, 1.807) is 26.0 Å². The van der Waals surface area contributed by atoms with Crippen LogP contribution in [0.5, 0.6) is 0 Å². The Morgan fingerprint density at radius 2 is 1.52 bits per heavy atom. The molecule has 0 atom stereocenters. The van der Waals surface area contributed by atoms with Crippen LogP contribution in [0.25, 0.3) is 11.3 Å². The number of nitrogens with zero attached hydrogens (tertiary/aromatic N) is 1. The Bertz CT molecular complexity index is 962. The highest BCUT2D eigenvalue weighted by atomic mass is 32.2. The molecular weight excluding hydrogens is 338 g/mol. The highest BCUT2D eigenvalue weighted by Gasteiger charge is 2.14. The Morgan fingerprint density at radius 1 is 0.960 bits per heavy atom. The predicted octanol–water partition coefficient (Wildman–Crippen LogP) is 1.89. The molecule has 3 rings (SSSR count). The summed E-state index contributed by atoms with van der Waals surface area (Å²) < 4.78 is 34.0. The molecule has 0 saturated carbocycles. The summed E-state index contributed by atoms with van der Waals surface area (Å²) in [5.74, 6) is 6.27. The summed E-state index contributed by atoms with van der Waals surface area (Å²) in [5, 5.41) is 0. The summed E-state index contributed by atoms with van der Waals surface area (Å²) in [4.78, 5) is -0.0851. The van der Waals surface area contributed by atoms with Crippen molar-refractivity contribution in [1.82, 2.24) is 0 Å². The summed E-state index contributed by atoms with van der Waals surface area (Å²) in [5.41, 5.74) is 9.63. The molecule has 0 bridgehead atoms. The van der Waals surface area contributed by atoms with Crippen LogP contribution < -0.4 is 16.3 Å². The SMILES string of the molecule is Cc1cc(C)c(S(=O)(=O)[O-])c(C)c1.Nc1cc2cccccc-2[n+]1N. The molecule has 0 spiro atoms. The number of aromatic nitrogens is 1. The second kappa shape index (κ2) is 7.08. The zero-order valence-electron chi connectivity index (χ0n) is 14.4. The fourth-order valence-electron chi connectivity index (χ4n) is 2.82. The number of benzene rings is 1. The van der Waals surface area contributed by atoms with Gasteiger partial charge in [0, 0.05) is 11.6 Å². The van der Waals surface area contributed by atoms with Gasteiger partial charge >= 0.3 is 0 Å². The fraction of sp³-hybridized carbons (Fsp3) is 0.167. The molecule has 2 aliphatic rings. The Labute approximate surface area is 147 Å². The molecule has 25 heavy (non-hydrogen) atoms. The van der Waals surface area contributed by atoms with Crippen LogP contribution in [0.1, 0.15) is 16.7 Å². The van der Waals surface area contributed by atoms with Crippen LogP contribution >= 0.6 is 0 Å². The molecule has 0 radical (unpaired) electrons. The maximum absolute atomic E-state index is 10.8. The Hall–Kier alpha value is -2.64. The van der Waals surface area contributed by atoms with Crippen LogP contribution in [-0.4, -0.2) is 13.0 Å². The third-order valence-electron chi connectivity index (χ3n) is 3.74. The number of hydrogen-bond acceptors (Lipinski definition) is 5. The molecule has 6 nitrogen and oxygen atoms in total. The van der Waals surface area contributed by atoms with Crippen LogP contribution in [0, 0.1) is 20.8 Å². The van der Waals surface area contributed by atoms with E-state index in [2.05, 4.69) is 0 Å². The van der Waals surface area contributed by atoms with Crippen molar-refractivity contribution >= 4 is 15.9 Å². The summed E-state index contributed by atoms with van der Waals surface area (Å²) in [7, 11) is -4.33. The normalized spacial score (nSPS) is 11.0. The van der Waals surface area contributed by atoms with E-state index in [4.69, 9.17) is 11.6 Å². The second-order valence-corrected chi connectivity index (χ2v) is 7.19. The first-order chi connectivity index (χ1) is 11.6. The first-order valence-electron chi connectivity index (χ1n) is 7.59. The fourth-order valence-corrected chi connectivity index (χ4v) is 3.73. The van der Waals surface area contributed by atoms with Gasteiger partial charge in [-0.05, 0) is 38.0 Å². The maximum atomic E-state index is 10.8. The quantitative estimate of drug-likeness (QED) is 0.391. The number of nitrogens with two attached hydrogens (primary N) is 2. The number of hydrogen-bond donors (Lipinski definition) is 2. The lowest BCUT2D eigenvalue weighted by molar-refractivity contribution is -0.609. The minimum Gasteiger partial charge on any atom is -0.744 e. The van der Waals surface area contributed by atoms with E-state index in [0.717, 1.165) is 16.8 Å². The van der Waals surface area contributed by atoms with E-state index in [0.29, 0.717) is 16.9 Å². The number of aryl methyl sites for hydroxylation is 3. The Balaban J connectivity index is 0.000000181. The molecule has 0 aromatic heterocycles. The smallest absolute Gasteiger partial charge is 0.296 e. The summed E-state index contributed by atoms with van der Waals surface area (Å²) in [6.45, 7) is 5.12. The van der Waals surface area contributed by atoms with Crippen molar-refractivity contribution < 1.29 is 17.6 Å². The minimum absolute atomic E-state index is 0.0851. The predicted molar refractivity (Wildman–Crippen MR) is 96.4 cm³/mol. The van der Waals surface area contributed by atoms with Gasteiger partial charge < -0.3 is 4.55 Å². The van der Waals surface area contributed by atoms with Crippen molar-refractivity contribution in [3.05, 3.63) is 65.2 Å². The summed E-state index contributed by atoms with van der Waals surface area (Å²) in [6, 6.07) is 15.0. The van der Waals surface area contributed by atoms with E-state index < -0.39 is 10.1 Å². The van der Waals surface area contributed by atoms with Gasteiger partial charge in [-0.2, -0.15) is 0 Å². The van der Waals surface area contributed by atoms with Crippen LogP contribution in [0.2, 0.25) is 0 Å². The summed E-state index contributed by atoms with van der Waals surface area (Å²) >= 11 is 0. The first-order valence-corrected chi connectivity index (χ1v) is 9.00. The Morgan fingerprint density at radius 3 is 2.08 bits per heavy atom. The highest BCUT2D eigenvalue weighted by molar-refractivity contribution is 7.85. The first kappa shape index (κ1) is 18.7. The van der Waals surface area contributed by atoms with E-state index in [-0.39, 0.29) is 4.90 Å². The van der Waals surface area contributed by atoms with Crippen molar-refractivity contribution in [2.75, 3.05) is 11.6 Å². The molecule has 1 aliphatic heterocycles. The zero-order chi connectivity index (χ0) is 18.8. The molecule has 0 fully saturated rings. The van der Waals surface area contributed by atoms with Gasteiger partial charge in [-0.25, -0.2) is 8.42 Å². The molecular formula is C18H21N3O3S. The monoisotopic (exact) mass is 359 g/mol. The lowest BCUT2D eigenvalue weighted by Crippen LogP contribution is -2.46. The third kappa shape index (κ3) is 4.26. The van der Waals surface area contributed by atoms with E-state index in [1.807, 2.05) is 43.3 Å². The van der Waals surface area contributed by atoms with Crippen LogP contribution in [0.3, 0.4) is 0 Å². The minimum atomic E-state index is -4.33. The van der Waals surface area contributed by atoms with E-state index >= 15 is 0 Å². The summed E-state index contributed by atoms with van der Waals surface area (Å²) in [6.07, 6.45) is 0. The van der Waals surface area contributed by atoms with Gasteiger partial charge in [-0.3, -0.25) is 11.6 Å². The number of rotatable bonds is 1. The third-order valence-corrected chi connectivity index (χ3v) is 4.89. The molecule has 132 valence electrons. The van der Waals surface area contributed by atoms with Crippen molar-refractivity contribution in [2.45, 2.75) is 25.7 Å². The van der Waals surface area contributed by atoms with Crippen LogP contribution in [0.4, 0.5) is 5.82 Å². The van der Waals surface area contributed by atoms with Crippen molar-refractivity contribution in [3.8, 4) is 11.3 Å². The van der Waals surface area contributed by atoms with Gasteiger partial charge in [0.1, 0.15) is 10.1 Å². The molecule has 4 N–H and O–H groups in total. The lowest BCUT2D eigenvalue weighted by Gasteiger charge is -2.14. The van der Waals surface area contributed by atoms with Gasteiger partial charge in [0.2, 0.25) is 0 Å². The molecule has 1 aliphatic carbocycles.